The summed E-state index contributed by atoms with van der Waals surface area (Å²) < 4.78 is 5.10. The van der Waals surface area contributed by atoms with Crippen LogP contribution in [0.5, 0.6) is 0 Å². The monoisotopic (exact) mass is 174 g/mol. The molecule has 0 fully saturated rings. The van der Waals surface area contributed by atoms with E-state index in [9.17, 15) is 0 Å². The fourth-order valence-corrected chi connectivity index (χ4v) is 1.24. The molecule has 0 bridgehead atoms. The Morgan fingerprint density at radius 3 is 2.73 bits per heavy atom. The molecule has 0 aliphatic rings. The summed E-state index contributed by atoms with van der Waals surface area (Å²) in [5.41, 5.74) is 0. The summed E-state index contributed by atoms with van der Waals surface area (Å²) in [6, 6.07) is 0. The van der Waals surface area contributed by atoms with Crippen LogP contribution in [-0.4, -0.2) is 21.9 Å². The Bertz CT molecular complexity index is 214. The molecule has 0 unspecified atom stereocenters. The van der Waals surface area contributed by atoms with Crippen LogP contribution >= 0.6 is 11.3 Å². The van der Waals surface area contributed by atoms with Gasteiger partial charge in [0.05, 0.1) is 6.61 Å². The molecular formula is C6H10N2O2S. The highest BCUT2D eigenvalue weighted by Gasteiger charge is 2.01. The highest BCUT2D eigenvalue weighted by Crippen LogP contribution is 2.09. The number of hydrogen-bond acceptors (Lipinski definition) is 5. The van der Waals surface area contributed by atoms with Gasteiger partial charge in [0.2, 0.25) is 0 Å². The molecule has 62 valence electrons. The Balaban J connectivity index is 2.44. The molecule has 1 aromatic heterocycles. The van der Waals surface area contributed by atoms with Crippen LogP contribution in [-0.2, 0) is 18.0 Å². The van der Waals surface area contributed by atoms with Gasteiger partial charge in [-0.2, -0.15) is 0 Å². The molecule has 4 nitrogen and oxygen atoms in total. The molecular weight excluding hydrogens is 164 g/mol. The number of aliphatic hydroxyl groups excluding tert-OH is 1. The second-order valence-corrected chi connectivity index (χ2v) is 3.03. The van der Waals surface area contributed by atoms with Gasteiger partial charge in [-0.3, -0.25) is 0 Å². The van der Waals surface area contributed by atoms with E-state index in [1.807, 2.05) is 6.92 Å². The van der Waals surface area contributed by atoms with E-state index in [1.165, 1.54) is 11.3 Å². The molecule has 5 heteroatoms. The predicted octanol–water partition coefficient (Wildman–Crippen LogP) is 0.567. The predicted molar refractivity (Wildman–Crippen MR) is 41.2 cm³/mol. The zero-order valence-corrected chi connectivity index (χ0v) is 7.10. The number of rotatable bonds is 4. The lowest BCUT2D eigenvalue weighted by atomic mass is 10.7. The van der Waals surface area contributed by atoms with Crippen molar-refractivity contribution in [2.45, 2.75) is 20.1 Å². The van der Waals surface area contributed by atoms with Gasteiger partial charge >= 0.3 is 0 Å². The molecule has 1 aromatic rings. The lowest BCUT2D eigenvalue weighted by molar-refractivity contribution is 0.133. The topological polar surface area (TPSA) is 55.2 Å². The maximum Gasteiger partial charge on any atom is 0.143 e. The first-order chi connectivity index (χ1) is 5.36. The molecule has 0 amide bonds. The SMILES string of the molecule is CCOCc1nnc(CO)s1. The maximum atomic E-state index is 8.64. The van der Waals surface area contributed by atoms with Crippen molar-refractivity contribution in [2.24, 2.45) is 0 Å². The molecule has 1 N–H and O–H groups in total. The Morgan fingerprint density at radius 2 is 2.18 bits per heavy atom. The molecule has 0 saturated carbocycles. The van der Waals surface area contributed by atoms with E-state index in [4.69, 9.17) is 9.84 Å². The Hall–Kier alpha value is -0.520. The van der Waals surface area contributed by atoms with E-state index in [0.717, 1.165) is 5.01 Å². The molecule has 0 atom stereocenters. The molecule has 1 heterocycles. The van der Waals surface area contributed by atoms with Crippen LogP contribution < -0.4 is 0 Å². The standard InChI is InChI=1S/C6H10N2O2S/c1-2-10-4-6-8-7-5(3-9)11-6/h9H,2-4H2,1H3. The third-order valence-corrected chi connectivity index (χ3v) is 1.96. The summed E-state index contributed by atoms with van der Waals surface area (Å²) in [6.45, 7) is 3.06. The molecule has 0 saturated heterocycles. The average Bonchev–Trinajstić information content (AvgIpc) is 2.48. The molecule has 0 aromatic carbocycles. The zero-order chi connectivity index (χ0) is 8.10. The number of ether oxygens (including phenoxy) is 1. The summed E-state index contributed by atoms with van der Waals surface area (Å²) in [4.78, 5) is 0. The first-order valence-electron chi connectivity index (χ1n) is 3.36. The van der Waals surface area contributed by atoms with Gasteiger partial charge in [-0.25, -0.2) is 0 Å². The van der Waals surface area contributed by atoms with Crippen LogP contribution in [0, 0.1) is 0 Å². The molecule has 0 aliphatic carbocycles. The first kappa shape index (κ1) is 8.58. The van der Waals surface area contributed by atoms with E-state index in [0.29, 0.717) is 18.2 Å². The van der Waals surface area contributed by atoms with Crippen LogP contribution in [0.25, 0.3) is 0 Å². The van der Waals surface area contributed by atoms with Gasteiger partial charge in [-0.15, -0.1) is 10.2 Å². The lowest BCUT2D eigenvalue weighted by Gasteiger charge is -1.92. The maximum absolute atomic E-state index is 8.64. The van der Waals surface area contributed by atoms with Crippen molar-refractivity contribution in [1.82, 2.24) is 10.2 Å². The number of aliphatic hydroxyl groups is 1. The first-order valence-corrected chi connectivity index (χ1v) is 4.18. The summed E-state index contributed by atoms with van der Waals surface area (Å²) >= 11 is 1.38. The summed E-state index contributed by atoms with van der Waals surface area (Å²) in [6.07, 6.45) is 0. The fraction of sp³-hybridized carbons (Fsp3) is 0.667. The fourth-order valence-electron chi connectivity index (χ4n) is 0.600. The van der Waals surface area contributed by atoms with Crippen LogP contribution in [0.4, 0.5) is 0 Å². The van der Waals surface area contributed by atoms with E-state index < -0.39 is 0 Å². The Kier molecular flexibility index (Phi) is 3.41. The van der Waals surface area contributed by atoms with Crippen molar-refractivity contribution < 1.29 is 9.84 Å². The van der Waals surface area contributed by atoms with Gasteiger partial charge in [-0.1, -0.05) is 11.3 Å². The van der Waals surface area contributed by atoms with E-state index in [1.54, 1.807) is 0 Å². The molecule has 1 rings (SSSR count). The van der Waals surface area contributed by atoms with E-state index >= 15 is 0 Å². The normalized spacial score (nSPS) is 10.4. The molecule has 11 heavy (non-hydrogen) atoms. The van der Waals surface area contributed by atoms with Crippen LogP contribution in [0.3, 0.4) is 0 Å². The smallest absolute Gasteiger partial charge is 0.143 e. The van der Waals surface area contributed by atoms with Gasteiger partial charge < -0.3 is 9.84 Å². The number of aromatic nitrogens is 2. The van der Waals surface area contributed by atoms with Crippen molar-refractivity contribution >= 4 is 11.3 Å². The Morgan fingerprint density at radius 1 is 1.45 bits per heavy atom. The quantitative estimate of drug-likeness (QED) is 0.725. The van der Waals surface area contributed by atoms with Gasteiger partial charge in [0, 0.05) is 6.61 Å². The van der Waals surface area contributed by atoms with Crippen molar-refractivity contribution in [2.75, 3.05) is 6.61 Å². The summed E-state index contributed by atoms with van der Waals surface area (Å²) in [5.74, 6) is 0. The van der Waals surface area contributed by atoms with Gasteiger partial charge in [0.1, 0.15) is 16.6 Å². The van der Waals surface area contributed by atoms with Crippen molar-refractivity contribution in [3.8, 4) is 0 Å². The van der Waals surface area contributed by atoms with Crippen molar-refractivity contribution in [1.29, 1.82) is 0 Å². The second-order valence-electron chi connectivity index (χ2n) is 1.88. The highest BCUT2D eigenvalue weighted by molar-refractivity contribution is 7.11. The van der Waals surface area contributed by atoms with Crippen LogP contribution in [0.15, 0.2) is 0 Å². The zero-order valence-electron chi connectivity index (χ0n) is 6.28. The average molecular weight is 174 g/mol. The van der Waals surface area contributed by atoms with Crippen molar-refractivity contribution in [3.05, 3.63) is 10.0 Å². The highest BCUT2D eigenvalue weighted by atomic mass is 32.1. The second kappa shape index (κ2) is 4.38. The minimum atomic E-state index is -0.0379. The van der Waals surface area contributed by atoms with E-state index in [-0.39, 0.29) is 6.61 Å². The number of hydrogen-bond donors (Lipinski definition) is 1. The third-order valence-electron chi connectivity index (χ3n) is 1.07. The largest absolute Gasteiger partial charge is 0.389 e. The number of nitrogens with zero attached hydrogens (tertiary/aromatic N) is 2. The Labute approximate surface area is 68.8 Å². The minimum absolute atomic E-state index is 0.0379. The molecule has 0 radical (unpaired) electrons. The lowest BCUT2D eigenvalue weighted by Crippen LogP contribution is -1.90. The van der Waals surface area contributed by atoms with E-state index in [2.05, 4.69) is 10.2 Å². The van der Waals surface area contributed by atoms with Crippen LogP contribution in [0.2, 0.25) is 0 Å². The minimum Gasteiger partial charge on any atom is -0.389 e. The van der Waals surface area contributed by atoms with Gasteiger partial charge in [0.25, 0.3) is 0 Å². The van der Waals surface area contributed by atoms with Crippen molar-refractivity contribution in [3.63, 3.8) is 0 Å². The van der Waals surface area contributed by atoms with Gasteiger partial charge in [0.15, 0.2) is 0 Å². The van der Waals surface area contributed by atoms with Gasteiger partial charge in [-0.05, 0) is 6.92 Å². The van der Waals surface area contributed by atoms with Crippen LogP contribution in [0.1, 0.15) is 16.9 Å². The third kappa shape index (κ3) is 2.53. The summed E-state index contributed by atoms with van der Waals surface area (Å²) in [7, 11) is 0. The molecule has 0 spiro atoms. The molecule has 0 aliphatic heterocycles. The summed E-state index contributed by atoms with van der Waals surface area (Å²) in [5, 5.41) is 17.6.